The standard InChI is InChI=1S/C8H18N2O/c1-4-7(2)5-10-8(11)6-9-3/h7,9H,4-6H2,1-3H3,(H,10,11)/t7-/m1/s1. The molecule has 1 atom stereocenters. The van der Waals surface area contributed by atoms with Crippen LogP contribution in [0.4, 0.5) is 0 Å². The van der Waals surface area contributed by atoms with Crippen LogP contribution in [0.5, 0.6) is 0 Å². The van der Waals surface area contributed by atoms with Crippen molar-refractivity contribution in [1.82, 2.24) is 10.6 Å². The van der Waals surface area contributed by atoms with Crippen LogP contribution in [0.2, 0.25) is 0 Å². The molecular formula is C8H18N2O. The smallest absolute Gasteiger partial charge is 0.233 e. The Kier molecular flexibility index (Phi) is 5.84. The maximum Gasteiger partial charge on any atom is 0.233 e. The average molecular weight is 158 g/mol. The molecule has 0 unspecified atom stereocenters. The van der Waals surface area contributed by atoms with E-state index in [4.69, 9.17) is 0 Å². The van der Waals surface area contributed by atoms with Gasteiger partial charge >= 0.3 is 0 Å². The van der Waals surface area contributed by atoms with Gasteiger partial charge in [0.2, 0.25) is 5.91 Å². The van der Waals surface area contributed by atoms with Gasteiger partial charge in [-0.2, -0.15) is 0 Å². The zero-order valence-corrected chi connectivity index (χ0v) is 7.61. The first-order chi connectivity index (χ1) is 5.20. The maximum absolute atomic E-state index is 10.9. The summed E-state index contributed by atoms with van der Waals surface area (Å²) in [5, 5.41) is 5.63. The van der Waals surface area contributed by atoms with Gasteiger partial charge in [0.25, 0.3) is 0 Å². The lowest BCUT2D eigenvalue weighted by atomic mass is 10.1. The molecule has 2 N–H and O–H groups in total. The van der Waals surface area contributed by atoms with Gasteiger partial charge in [-0.05, 0) is 13.0 Å². The molecule has 0 fully saturated rings. The highest BCUT2D eigenvalue weighted by atomic mass is 16.1. The van der Waals surface area contributed by atoms with Crippen molar-refractivity contribution in [3.63, 3.8) is 0 Å². The van der Waals surface area contributed by atoms with Crippen LogP contribution in [-0.4, -0.2) is 26.0 Å². The van der Waals surface area contributed by atoms with E-state index >= 15 is 0 Å². The quantitative estimate of drug-likeness (QED) is 0.607. The van der Waals surface area contributed by atoms with E-state index < -0.39 is 0 Å². The largest absolute Gasteiger partial charge is 0.355 e. The molecule has 1 amide bonds. The summed E-state index contributed by atoms with van der Waals surface area (Å²) in [6, 6.07) is 0. The van der Waals surface area contributed by atoms with Crippen LogP contribution in [0, 0.1) is 5.92 Å². The number of amides is 1. The number of hydrogen-bond acceptors (Lipinski definition) is 2. The fraction of sp³-hybridized carbons (Fsp3) is 0.875. The predicted molar refractivity (Wildman–Crippen MR) is 46.4 cm³/mol. The molecule has 0 rings (SSSR count). The minimum absolute atomic E-state index is 0.0767. The molecule has 0 aromatic rings. The van der Waals surface area contributed by atoms with Gasteiger partial charge in [-0.15, -0.1) is 0 Å². The monoisotopic (exact) mass is 158 g/mol. The Morgan fingerprint density at radius 2 is 2.18 bits per heavy atom. The molecule has 0 aromatic heterocycles. The zero-order chi connectivity index (χ0) is 8.69. The molecule has 3 nitrogen and oxygen atoms in total. The number of hydrogen-bond donors (Lipinski definition) is 2. The van der Waals surface area contributed by atoms with Crippen molar-refractivity contribution in [2.45, 2.75) is 20.3 Å². The van der Waals surface area contributed by atoms with E-state index in [0.717, 1.165) is 13.0 Å². The molecule has 0 spiro atoms. The fourth-order valence-electron chi connectivity index (χ4n) is 0.655. The van der Waals surface area contributed by atoms with Gasteiger partial charge in [0.1, 0.15) is 0 Å². The van der Waals surface area contributed by atoms with Crippen molar-refractivity contribution in [3.05, 3.63) is 0 Å². The number of likely N-dealkylation sites (N-methyl/N-ethyl adjacent to an activating group) is 1. The minimum Gasteiger partial charge on any atom is -0.355 e. The van der Waals surface area contributed by atoms with Gasteiger partial charge < -0.3 is 10.6 Å². The van der Waals surface area contributed by atoms with E-state index in [0.29, 0.717) is 12.5 Å². The van der Waals surface area contributed by atoms with Crippen molar-refractivity contribution >= 4 is 5.91 Å². The SMILES string of the molecule is CC[C@@H](C)CNC(=O)CNC. The molecule has 3 heteroatoms. The molecule has 0 aliphatic carbocycles. The van der Waals surface area contributed by atoms with Crippen LogP contribution in [0.3, 0.4) is 0 Å². The topological polar surface area (TPSA) is 41.1 Å². The average Bonchev–Trinajstić information content (AvgIpc) is 2.01. The lowest BCUT2D eigenvalue weighted by molar-refractivity contribution is -0.120. The first-order valence-electron chi connectivity index (χ1n) is 4.12. The van der Waals surface area contributed by atoms with E-state index in [1.807, 2.05) is 0 Å². The Morgan fingerprint density at radius 3 is 2.64 bits per heavy atom. The third kappa shape index (κ3) is 5.85. The van der Waals surface area contributed by atoms with Crippen LogP contribution < -0.4 is 10.6 Å². The number of carbonyl (C=O) groups excluding carboxylic acids is 1. The molecule has 0 bridgehead atoms. The van der Waals surface area contributed by atoms with Gasteiger partial charge in [0, 0.05) is 6.54 Å². The van der Waals surface area contributed by atoms with Crippen molar-refractivity contribution in [2.24, 2.45) is 5.92 Å². The van der Waals surface area contributed by atoms with Crippen molar-refractivity contribution < 1.29 is 4.79 Å². The molecular weight excluding hydrogens is 140 g/mol. The van der Waals surface area contributed by atoms with E-state index in [1.54, 1.807) is 7.05 Å². The second kappa shape index (κ2) is 6.16. The molecule has 11 heavy (non-hydrogen) atoms. The maximum atomic E-state index is 10.9. The lowest BCUT2D eigenvalue weighted by Crippen LogP contribution is -2.34. The van der Waals surface area contributed by atoms with Crippen LogP contribution in [0.15, 0.2) is 0 Å². The summed E-state index contributed by atoms with van der Waals surface area (Å²) in [5.41, 5.74) is 0. The summed E-state index contributed by atoms with van der Waals surface area (Å²) in [6.07, 6.45) is 1.11. The van der Waals surface area contributed by atoms with Gasteiger partial charge in [-0.1, -0.05) is 20.3 Å². The van der Waals surface area contributed by atoms with E-state index in [-0.39, 0.29) is 5.91 Å². The molecule has 66 valence electrons. The summed E-state index contributed by atoms with van der Waals surface area (Å²) in [7, 11) is 1.77. The number of nitrogens with one attached hydrogen (secondary N) is 2. The van der Waals surface area contributed by atoms with E-state index in [2.05, 4.69) is 24.5 Å². The number of carbonyl (C=O) groups is 1. The normalized spacial score (nSPS) is 12.6. The predicted octanol–water partition coefficient (Wildman–Crippen LogP) is 0.368. The first-order valence-corrected chi connectivity index (χ1v) is 4.12. The molecule has 0 saturated carbocycles. The molecule has 0 aliphatic rings. The van der Waals surface area contributed by atoms with Crippen molar-refractivity contribution in [1.29, 1.82) is 0 Å². The van der Waals surface area contributed by atoms with Crippen molar-refractivity contribution in [3.8, 4) is 0 Å². The summed E-state index contributed by atoms with van der Waals surface area (Å²) < 4.78 is 0. The van der Waals surface area contributed by atoms with Crippen molar-refractivity contribution in [2.75, 3.05) is 20.1 Å². The Hall–Kier alpha value is -0.570. The summed E-state index contributed by atoms with van der Waals surface area (Å²) in [5.74, 6) is 0.656. The zero-order valence-electron chi connectivity index (χ0n) is 7.61. The Balaban J connectivity index is 3.30. The van der Waals surface area contributed by atoms with Gasteiger partial charge in [0.15, 0.2) is 0 Å². The highest BCUT2D eigenvalue weighted by Crippen LogP contribution is 1.96. The van der Waals surface area contributed by atoms with Gasteiger partial charge in [0.05, 0.1) is 6.54 Å². The van der Waals surface area contributed by atoms with Crippen LogP contribution in [0.1, 0.15) is 20.3 Å². The lowest BCUT2D eigenvalue weighted by Gasteiger charge is -2.09. The third-order valence-electron chi connectivity index (χ3n) is 1.68. The Labute approximate surface area is 68.6 Å². The second-order valence-corrected chi connectivity index (χ2v) is 2.85. The third-order valence-corrected chi connectivity index (χ3v) is 1.68. The van der Waals surface area contributed by atoms with Crippen LogP contribution in [0.25, 0.3) is 0 Å². The second-order valence-electron chi connectivity index (χ2n) is 2.85. The highest BCUT2D eigenvalue weighted by molar-refractivity contribution is 5.77. The van der Waals surface area contributed by atoms with E-state index in [9.17, 15) is 4.79 Å². The molecule has 0 heterocycles. The highest BCUT2D eigenvalue weighted by Gasteiger charge is 2.01. The van der Waals surface area contributed by atoms with Gasteiger partial charge in [-0.3, -0.25) is 4.79 Å². The summed E-state index contributed by atoms with van der Waals surface area (Å²) in [4.78, 5) is 10.9. The van der Waals surface area contributed by atoms with Crippen LogP contribution >= 0.6 is 0 Å². The minimum atomic E-state index is 0.0767. The van der Waals surface area contributed by atoms with E-state index in [1.165, 1.54) is 0 Å². The number of rotatable bonds is 5. The first kappa shape index (κ1) is 10.4. The van der Waals surface area contributed by atoms with Gasteiger partial charge in [-0.25, -0.2) is 0 Å². The fourth-order valence-corrected chi connectivity index (χ4v) is 0.655. The Morgan fingerprint density at radius 1 is 1.55 bits per heavy atom. The molecule has 0 saturated heterocycles. The molecule has 0 aliphatic heterocycles. The summed E-state index contributed by atoms with van der Waals surface area (Å²) >= 11 is 0. The molecule has 0 aromatic carbocycles. The van der Waals surface area contributed by atoms with Crippen LogP contribution in [-0.2, 0) is 4.79 Å². The molecule has 0 radical (unpaired) electrons. The Bertz CT molecular complexity index is 115. The summed E-state index contributed by atoms with van der Waals surface area (Å²) in [6.45, 7) is 5.45.